The summed E-state index contributed by atoms with van der Waals surface area (Å²) in [6.45, 7) is 0. The summed E-state index contributed by atoms with van der Waals surface area (Å²) in [7, 11) is 0. The SMILES string of the molecule is O=C(NN=Cc1ccc(Cl)cc1Cl)c1cccnc1. The highest BCUT2D eigenvalue weighted by atomic mass is 35.5. The molecule has 0 radical (unpaired) electrons. The fourth-order valence-electron chi connectivity index (χ4n) is 1.33. The van der Waals surface area contributed by atoms with Crippen molar-refractivity contribution in [1.29, 1.82) is 0 Å². The van der Waals surface area contributed by atoms with Crippen molar-refractivity contribution < 1.29 is 4.79 Å². The molecule has 1 heterocycles. The molecule has 2 aromatic rings. The predicted molar refractivity (Wildman–Crippen MR) is 75.8 cm³/mol. The first-order valence-electron chi connectivity index (χ1n) is 5.35. The highest BCUT2D eigenvalue weighted by Crippen LogP contribution is 2.19. The summed E-state index contributed by atoms with van der Waals surface area (Å²) in [5.41, 5.74) is 3.48. The molecule has 0 saturated carbocycles. The third kappa shape index (κ3) is 3.77. The lowest BCUT2D eigenvalue weighted by Gasteiger charge is -2.00. The fraction of sp³-hybridized carbons (Fsp3) is 0. The van der Waals surface area contributed by atoms with Gasteiger partial charge in [0.1, 0.15) is 0 Å². The van der Waals surface area contributed by atoms with E-state index in [2.05, 4.69) is 15.5 Å². The molecular formula is C13H9Cl2N3O. The minimum absolute atomic E-state index is 0.338. The Kier molecular flexibility index (Phi) is 4.49. The molecule has 96 valence electrons. The molecule has 1 amide bonds. The predicted octanol–water partition coefficient (Wildman–Crippen LogP) is 3.15. The Morgan fingerprint density at radius 3 is 2.84 bits per heavy atom. The molecule has 0 aliphatic carbocycles. The van der Waals surface area contributed by atoms with E-state index < -0.39 is 0 Å². The second-order valence-corrected chi connectivity index (χ2v) is 4.45. The van der Waals surface area contributed by atoms with Crippen LogP contribution in [0.2, 0.25) is 10.0 Å². The lowest BCUT2D eigenvalue weighted by Crippen LogP contribution is -2.17. The van der Waals surface area contributed by atoms with Crippen LogP contribution in [0.5, 0.6) is 0 Å². The third-order valence-corrected chi connectivity index (χ3v) is 2.82. The maximum atomic E-state index is 11.7. The van der Waals surface area contributed by atoms with Crippen molar-refractivity contribution >= 4 is 35.3 Å². The number of nitrogens with zero attached hydrogens (tertiary/aromatic N) is 2. The molecule has 1 aromatic heterocycles. The fourth-order valence-corrected chi connectivity index (χ4v) is 1.79. The zero-order valence-electron chi connectivity index (χ0n) is 9.68. The Bertz CT molecular complexity index is 615. The number of halogens is 2. The second-order valence-electron chi connectivity index (χ2n) is 3.61. The molecule has 0 unspecified atom stereocenters. The van der Waals surface area contributed by atoms with Crippen LogP contribution in [0.1, 0.15) is 15.9 Å². The Morgan fingerprint density at radius 1 is 1.32 bits per heavy atom. The van der Waals surface area contributed by atoms with Gasteiger partial charge < -0.3 is 0 Å². The van der Waals surface area contributed by atoms with Crippen molar-refractivity contribution in [3.05, 3.63) is 63.9 Å². The van der Waals surface area contributed by atoms with Gasteiger partial charge in [0.2, 0.25) is 0 Å². The van der Waals surface area contributed by atoms with E-state index >= 15 is 0 Å². The minimum Gasteiger partial charge on any atom is -0.267 e. The van der Waals surface area contributed by atoms with Gasteiger partial charge in [-0.05, 0) is 24.3 Å². The van der Waals surface area contributed by atoms with E-state index in [9.17, 15) is 4.79 Å². The first kappa shape index (κ1) is 13.5. The van der Waals surface area contributed by atoms with Crippen LogP contribution < -0.4 is 5.43 Å². The summed E-state index contributed by atoms with van der Waals surface area (Å²) in [6, 6.07) is 8.33. The minimum atomic E-state index is -0.338. The van der Waals surface area contributed by atoms with Crippen molar-refractivity contribution in [1.82, 2.24) is 10.4 Å². The van der Waals surface area contributed by atoms with Gasteiger partial charge >= 0.3 is 0 Å². The van der Waals surface area contributed by atoms with E-state index in [0.29, 0.717) is 21.2 Å². The van der Waals surface area contributed by atoms with Crippen LogP contribution in [0.3, 0.4) is 0 Å². The van der Waals surface area contributed by atoms with Gasteiger partial charge in [0.25, 0.3) is 5.91 Å². The summed E-state index contributed by atoms with van der Waals surface area (Å²) in [5, 5.41) is 4.84. The molecule has 0 fully saturated rings. The number of hydrogen-bond donors (Lipinski definition) is 1. The van der Waals surface area contributed by atoms with Crippen molar-refractivity contribution in [3.63, 3.8) is 0 Å². The Balaban J connectivity index is 2.02. The Morgan fingerprint density at radius 2 is 2.16 bits per heavy atom. The smallest absolute Gasteiger partial charge is 0.267 e. The van der Waals surface area contributed by atoms with Crippen LogP contribution >= 0.6 is 23.2 Å². The zero-order valence-corrected chi connectivity index (χ0v) is 11.2. The highest BCUT2D eigenvalue weighted by Gasteiger charge is 2.03. The molecule has 0 spiro atoms. The molecule has 19 heavy (non-hydrogen) atoms. The largest absolute Gasteiger partial charge is 0.272 e. The molecule has 2 rings (SSSR count). The topological polar surface area (TPSA) is 54.4 Å². The highest BCUT2D eigenvalue weighted by molar-refractivity contribution is 6.36. The first-order chi connectivity index (χ1) is 9.16. The van der Waals surface area contributed by atoms with Gasteiger partial charge in [-0.3, -0.25) is 9.78 Å². The number of aromatic nitrogens is 1. The molecule has 4 nitrogen and oxygen atoms in total. The first-order valence-corrected chi connectivity index (χ1v) is 6.11. The van der Waals surface area contributed by atoms with Crippen molar-refractivity contribution in [2.75, 3.05) is 0 Å². The maximum Gasteiger partial charge on any atom is 0.272 e. The van der Waals surface area contributed by atoms with Crippen molar-refractivity contribution in [3.8, 4) is 0 Å². The van der Waals surface area contributed by atoms with Crippen LogP contribution in [-0.4, -0.2) is 17.1 Å². The van der Waals surface area contributed by atoms with E-state index in [0.717, 1.165) is 0 Å². The van der Waals surface area contributed by atoms with Crippen LogP contribution in [0.4, 0.5) is 0 Å². The quantitative estimate of drug-likeness (QED) is 0.698. The number of hydrazone groups is 1. The maximum absolute atomic E-state index is 11.7. The monoisotopic (exact) mass is 293 g/mol. The van der Waals surface area contributed by atoms with Gasteiger partial charge in [0, 0.05) is 23.0 Å². The Hall–Kier alpha value is -1.91. The van der Waals surface area contributed by atoms with Crippen LogP contribution in [0, 0.1) is 0 Å². The van der Waals surface area contributed by atoms with E-state index in [1.165, 1.54) is 12.4 Å². The average molecular weight is 294 g/mol. The zero-order chi connectivity index (χ0) is 13.7. The van der Waals surface area contributed by atoms with Crippen LogP contribution in [0.25, 0.3) is 0 Å². The molecule has 6 heteroatoms. The van der Waals surface area contributed by atoms with Gasteiger partial charge in [-0.15, -0.1) is 0 Å². The van der Waals surface area contributed by atoms with Gasteiger partial charge in [-0.1, -0.05) is 29.3 Å². The summed E-state index contributed by atoms with van der Waals surface area (Å²) in [6.07, 6.45) is 4.50. The lowest BCUT2D eigenvalue weighted by atomic mass is 10.2. The van der Waals surface area contributed by atoms with Gasteiger partial charge in [0.05, 0.1) is 16.8 Å². The van der Waals surface area contributed by atoms with Crippen molar-refractivity contribution in [2.45, 2.75) is 0 Å². The lowest BCUT2D eigenvalue weighted by molar-refractivity contribution is 0.0955. The number of pyridine rings is 1. The molecule has 1 N–H and O–H groups in total. The number of rotatable bonds is 3. The van der Waals surface area contributed by atoms with Crippen molar-refractivity contribution in [2.24, 2.45) is 5.10 Å². The number of hydrogen-bond acceptors (Lipinski definition) is 3. The second kappa shape index (κ2) is 6.31. The number of nitrogens with one attached hydrogen (secondary N) is 1. The summed E-state index contributed by atoms with van der Waals surface area (Å²) >= 11 is 11.7. The molecule has 0 atom stereocenters. The number of carbonyl (C=O) groups excluding carboxylic acids is 1. The average Bonchev–Trinajstić information content (AvgIpc) is 2.42. The molecule has 1 aromatic carbocycles. The van der Waals surface area contributed by atoms with E-state index in [-0.39, 0.29) is 5.91 Å². The van der Waals surface area contributed by atoms with Gasteiger partial charge in [-0.25, -0.2) is 5.43 Å². The summed E-state index contributed by atoms with van der Waals surface area (Å²) < 4.78 is 0. The summed E-state index contributed by atoms with van der Waals surface area (Å²) in [4.78, 5) is 15.5. The normalized spacial score (nSPS) is 10.6. The molecule has 0 aliphatic heterocycles. The molecule has 0 aliphatic rings. The van der Waals surface area contributed by atoms with Gasteiger partial charge in [0.15, 0.2) is 0 Å². The van der Waals surface area contributed by atoms with E-state index in [1.807, 2.05) is 0 Å². The molecule has 0 bridgehead atoms. The summed E-state index contributed by atoms with van der Waals surface area (Å²) in [5.74, 6) is -0.338. The standard InChI is InChI=1S/C13H9Cl2N3O/c14-11-4-3-9(12(15)6-11)8-17-18-13(19)10-2-1-5-16-7-10/h1-8H,(H,18,19). The Labute approximate surface area is 120 Å². The number of carbonyl (C=O) groups is 1. The molecular weight excluding hydrogens is 285 g/mol. The number of benzene rings is 1. The van der Waals surface area contributed by atoms with E-state index in [4.69, 9.17) is 23.2 Å². The molecule has 0 saturated heterocycles. The van der Waals surface area contributed by atoms with Gasteiger partial charge in [-0.2, -0.15) is 5.10 Å². The third-order valence-electron chi connectivity index (χ3n) is 2.26. The van der Waals surface area contributed by atoms with Crippen LogP contribution in [-0.2, 0) is 0 Å². The van der Waals surface area contributed by atoms with E-state index in [1.54, 1.807) is 36.5 Å². The number of amides is 1. The van der Waals surface area contributed by atoms with Crippen LogP contribution in [0.15, 0.2) is 47.8 Å².